The SMILES string of the molecule is O=C(O)c1cc(S(=O)(=O)NC[C@@H](c2ccco2)N2CCCC2)ccc1Cl. The maximum Gasteiger partial charge on any atom is 0.337 e. The van der Waals surface area contributed by atoms with E-state index < -0.39 is 16.0 Å². The normalized spacial score (nSPS) is 16.7. The number of aromatic carboxylic acids is 1. The molecule has 0 amide bonds. The first-order chi connectivity index (χ1) is 12.4. The Morgan fingerprint density at radius 1 is 1.31 bits per heavy atom. The summed E-state index contributed by atoms with van der Waals surface area (Å²) in [5, 5.41) is 9.11. The highest BCUT2D eigenvalue weighted by molar-refractivity contribution is 7.89. The Hall–Kier alpha value is -1.87. The first-order valence-corrected chi connectivity index (χ1v) is 10.0. The van der Waals surface area contributed by atoms with E-state index in [1.165, 1.54) is 12.1 Å². The Balaban J connectivity index is 1.80. The van der Waals surface area contributed by atoms with Crippen LogP contribution in [0.4, 0.5) is 0 Å². The second-order valence-corrected chi connectivity index (χ2v) is 8.25. The van der Waals surface area contributed by atoms with Gasteiger partial charge in [-0.1, -0.05) is 11.6 Å². The van der Waals surface area contributed by atoms with Crippen molar-refractivity contribution in [1.29, 1.82) is 0 Å². The molecular formula is C17H19ClN2O5S. The molecular weight excluding hydrogens is 380 g/mol. The van der Waals surface area contributed by atoms with Gasteiger partial charge >= 0.3 is 5.97 Å². The topological polar surface area (TPSA) is 99.8 Å². The molecule has 1 atom stereocenters. The van der Waals surface area contributed by atoms with Crippen molar-refractivity contribution in [2.45, 2.75) is 23.8 Å². The molecule has 0 bridgehead atoms. The second-order valence-electron chi connectivity index (χ2n) is 6.07. The van der Waals surface area contributed by atoms with Crippen LogP contribution in [0.2, 0.25) is 5.02 Å². The number of hydrogen-bond donors (Lipinski definition) is 2. The number of carboxylic acids is 1. The van der Waals surface area contributed by atoms with E-state index in [2.05, 4.69) is 9.62 Å². The van der Waals surface area contributed by atoms with Crippen LogP contribution in [0.3, 0.4) is 0 Å². The molecule has 26 heavy (non-hydrogen) atoms. The summed E-state index contributed by atoms with van der Waals surface area (Å²) < 4.78 is 33.3. The van der Waals surface area contributed by atoms with Crippen molar-refractivity contribution < 1.29 is 22.7 Å². The van der Waals surface area contributed by atoms with Crippen LogP contribution in [0.25, 0.3) is 0 Å². The number of furan rings is 1. The molecule has 1 aromatic heterocycles. The average Bonchev–Trinajstić information content (AvgIpc) is 3.29. The van der Waals surface area contributed by atoms with E-state index in [0.717, 1.165) is 32.0 Å². The second kappa shape index (κ2) is 7.79. The number of carboxylic acid groups (broad SMARTS) is 1. The number of nitrogens with zero attached hydrogens (tertiary/aromatic N) is 1. The molecule has 3 rings (SSSR count). The van der Waals surface area contributed by atoms with Crippen molar-refractivity contribution in [3.8, 4) is 0 Å². The largest absolute Gasteiger partial charge is 0.478 e. The predicted molar refractivity (Wildman–Crippen MR) is 95.9 cm³/mol. The summed E-state index contributed by atoms with van der Waals surface area (Å²) in [7, 11) is -3.89. The van der Waals surface area contributed by atoms with Crippen LogP contribution in [0.1, 0.15) is 35.0 Å². The van der Waals surface area contributed by atoms with Crippen molar-refractivity contribution in [2.75, 3.05) is 19.6 Å². The fraction of sp³-hybridized carbons (Fsp3) is 0.353. The van der Waals surface area contributed by atoms with Gasteiger partial charge in [-0.15, -0.1) is 0 Å². The van der Waals surface area contributed by atoms with Gasteiger partial charge in [-0.25, -0.2) is 17.9 Å². The third-order valence-electron chi connectivity index (χ3n) is 4.40. The summed E-state index contributed by atoms with van der Waals surface area (Å²) in [5.74, 6) is -0.588. The third-order valence-corrected chi connectivity index (χ3v) is 6.15. The number of hydrogen-bond acceptors (Lipinski definition) is 5. The van der Waals surface area contributed by atoms with Gasteiger partial charge in [0.15, 0.2) is 0 Å². The lowest BCUT2D eigenvalue weighted by atomic mass is 10.2. The maximum absolute atomic E-state index is 12.6. The third kappa shape index (κ3) is 4.09. The van der Waals surface area contributed by atoms with Crippen LogP contribution in [-0.4, -0.2) is 44.0 Å². The van der Waals surface area contributed by atoms with Gasteiger partial charge in [0.05, 0.1) is 27.8 Å². The van der Waals surface area contributed by atoms with Crippen molar-refractivity contribution in [3.05, 3.63) is 52.9 Å². The first-order valence-electron chi connectivity index (χ1n) is 8.18. The van der Waals surface area contributed by atoms with Crippen molar-refractivity contribution in [3.63, 3.8) is 0 Å². The summed E-state index contributed by atoms with van der Waals surface area (Å²) >= 11 is 5.81. The maximum atomic E-state index is 12.6. The number of halogens is 1. The predicted octanol–water partition coefficient (Wildman–Crippen LogP) is 2.75. The monoisotopic (exact) mass is 398 g/mol. The van der Waals surface area contributed by atoms with Crippen LogP contribution in [0.15, 0.2) is 45.9 Å². The van der Waals surface area contributed by atoms with Gasteiger partial charge in [-0.3, -0.25) is 4.90 Å². The average molecular weight is 399 g/mol. The molecule has 0 radical (unpaired) electrons. The summed E-state index contributed by atoms with van der Waals surface area (Å²) in [5.41, 5.74) is -0.253. The molecule has 0 spiro atoms. The van der Waals surface area contributed by atoms with Gasteiger partial charge in [-0.2, -0.15) is 0 Å². The molecule has 9 heteroatoms. The molecule has 140 valence electrons. The van der Waals surface area contributed by atoms with E-state index >= 15 is 0 Å². The van der Waals surface area contributed by atoms with E-state index in [1.54, 1.807) is 12.3 Å². The van der Waals surface area contributed by atoms with Gasteiger partial charge in [0.25, 0.3) is 0 Å². The van der Waals surface area contributed by atoms with Gasteiger partial charge < -0.3 is 9.52 Å². The molecule has 1 fully saturated rings. The Morgan fingerprint density at radius 2 is 2.04 bits per heavy atom. The zero-order valence-electron chi connectivity index (χ0n) is 13.9. The number of benzene rings is 1. The van der Waals surface area contributed by atoms with E-state index in [0.29, 0.717) is 5.76 Å². The molecule has 2 aromatic rings. The Bertz CT molecular complexity index is 877. The summed E-state index contributed by atoms with van der Waals surface area (Å²) in [4.78, 5) is 13.2. The molecule has 1 aliphatic heterocycles. The highest BCUT2D eigenvalue weighted by Gasteiger charge is 2.27. The van der Waals surface area contributed by atoms with E-state index in [1.807, 2.05) is 6.07 Å². The van der Waals surface area contributed by atoms with E-state index in [9.17, 15) is 13.2 Å². The Kier molecular flexibility index (Phi) is 5.67. The van der Waals surface area contributed by atoms with Crippen LogP contribution < -0.4 is 4.72 Å². The smallest absolute Gasteiger partial charge is 0.337 e. The van der Waals surface area contributed by atoms with Crippen molar-refractivity contribution in [2.24, 2.45) is 0 Å². The number of rotatable bonds is 7. The molecule has 7 nitrogen and oxygen atoms in total. The minimum atomic E-state index is -3.89. The van der Waals surface area contributed by atoms with Crippen LogP contribution in [0.5, 0.6) is 0 Å². The fourth-order valence-corrected chi connectivity index (χ4v) is 4.31. The molecule has 1 saturated heterocycles. The number of likely N-dealkylation sites (tertiary alicyclic amines) is 1. The van der Waals surface area contributed by atoms with Gasteiger partial charge in [-0.05, 0) is 56.3 Å². The Labute approximate surface area is 156 Å². The lowest BCUT2D eigenvalue weighted by Crippen LogP contribution is -2.36. The highest BCUT2D eigenvalue weighted by atomic mass is 35.5. The molecule has 0 saturated carbocycles. The van der Waals surface area contributed by atoms with Gasteiger partial charge in [0.1, 0.15) is 5.76 Å². The molecule has 2 N–H and O–H groups in total. The summed E-state index contributed by atoms with van der Waals surface area (Å²) in [6.45, 7) is 1.87. The molecule has 1 aliphatic rings. The summed E-state index contributed by atoms with van der Waals surface area (Å²) in [6.07, 6.45) is 3.68. The van der Waals surface area contributed by atoms with Gasteiger partial charge in [0.2, 0.25) is 10.0 Å². The van der Waals surface area contributed by atoms with Crippen molar-refractivity contribution in [1.82, 2.24) is 9.62 Å². The standard InChI is InChI=1S/C17H19ClN2O5S/c18-14-6-5-12(10-13(14)17(21)22)26(23,24)19-11-15(16-4-3-9-25-16)20-7-1-2-8-20/h3-6,9-10,15,19H,1-2,7-8,11H2,(H,21,22)/t15-/m0/s1. The number of sulfonamides is 1. The molecule has 1 aromatic carbocycles. The molecule has 2 heterocycles. The first kappa shape index (κ1) is 18.9. The van der Waals surface area contributed by atoms with Crippen LogP contribution in [-0.2, 0) is 10.0 Å². The zero-order chi connectivity index (χ0) is 18.7. The fourth-order valence-electron chi connectivity index (χ4n) is 3.05. The number of carbonyl (C=O) groups is 1. The lowest BCUT2D eigenvalue weighted by molar-refractivity contribution is 0.0697. The van der Waals surface area contributed by atoms with Gasteiger partial charge in [0, 0.05) is 6.54 Å². The van der Waals surface area contributed by atoms with Crippen molar-refractivity contribution >= 4 is 27.6 Å². The quantitative estimate of drug-likeness (QED) is 0.743. The lowest BCUT2D eigenvalue weighted by Gasteiger charge is -2.26. The zero-order valence-corrected chi connectivity index (χ0v) is 15.5. The molecule has 0 unspecified atom stereocenters. The molecule has 0 aliphatic carbocycles. The van der Waals surface area contributed by atoms with E-state index in [-0.39, 0.29) is 28.1 Å². The highest BCUT2D eigenvalue weighted by Crippen LogP contribution is 2.26. The Morgan fingerprint density at radius 3 is 2.65 bits per heavy atom. The minimum Gasteiger partial charge on any atom is -0.478 e. The van der Waals surface area contributed by atoms with Crippen LogP contribution in [0, 0.1) is 0 Å². The van der Waals surface area contributed by atoms with Crippen LogP contribution >= 0.6 is 11.6 Å². The summed E-state index contributed by atoms with van der Waals surface area (Å²) in [6, 6.07) is 6.99. The minimum absolute atomic E-state index is 0.0121. The van der Waals surface area contributed by atoms with E-state index in [4.69, 9.17) is 21.1 Å². The number of nitrogens with one attached hydrogen (secondary N) is 1.